The maximum Gasteiger partial charge on any atom is 0.272 e. The van der Waals surface area contributed by atoms with Gasteiger partial charge in [-0.15, -0.1) is 0 Å². The quantitative estimate of drug-likeness (QED) is 0.662. The molecule has 2 rings (SSSR count). The Morgan fingerprint density at radius 3 is 2.47 bits per heavy atom. The first-order valence-electron chi connectivity index (χ1n) is 6.14. The zero-order valence-electron chi connectivity index (χ0n) is 11.0. The number of benzene rings is 2. The van der Waals surface area contributed by atoms with Crippen molar-refractivity contribution in [1.82, 2.24) is 0 Å². The molecule has 0 spiro atoms. The molecular weight excluding hydrogens is 240 g/mol. The highest BCUT2D eigenvalue weighted by molar-refractivity contribution is 5.48. The molecule has 98 valence electrons. The molecule has 4 heteroatoms. The molecular formula is C15H16N2O2. The summed E-state index contributed by atoms with van der Waals surface area (Å²) in [6.07, 6.45) is 0. The number of para-hydroxylation sites is 1. The van der Waals surface area contributed by atoms with E-state index in [-0.39, 0.29) is 16.7 Å². The third kappa shape index (κ3) is 3.10. The molecule has 0 bridgehead atoms. The van der Waals surface area contributed by atoms with E-state index in [1.807, 2.05) is 43.3 Å². The van der Waals surface area contributed by atoms with E-state index in [1.54, 1.807) is 19.1 Å². The summed E-state index contributed by atoms with van der Waals surface area (Å²) in [4.78, 5) is 10.6. The van der Waals surface area contributed by atoms with Crippen molar-refractivity contribution in [2.45, 2.75) is 19.9 Å². The SMILES string of the molecule is Cc1ccc(C(C)Nc2ccccc2)cc1[N+](=O)[O-]. The lowest BCUT2D eigenvalue weighted by molar-refractivity contribution is -0.385. The topological polar surface area (TPSA) is 55.2 Å². The van der Waals surface area contributed by atoms with Crippen molar-refractivity contribution >= 4 is 11.4 Å². The van der Waals surface area contributed by atoms with E-state index in [1.165, 1.54) is 0 Å². The molecule has 2 aromatic rings. The molecule has 0 fully saturated rings. The van der Waals surface area contributed by atoms with Gasteiger partial charge in [0.05, 0.1) is 4.92 Å². The van der Waals surface area contributed by atoms with Gasteiger partial charge in [0.25, 0.3) is 5.69 Å². The lowest BCUT2D eigenvalue weighted by atomic mass is 10.0. The molecule has 0 aliphatic heterocycles. The standard InChI is InChI=1S/C15H16N2O2/c1-11-8-9-13(10-15(11)17(18)19)12(2)16-14-6-4-3-5-7-14/h3-10,12,16H,1-2H3. The van der Waals surface area contributed by atoms with Crippen LogP contribution in [0.15, 0.2) is 48.5 Å². The van der Waals surface area contributed by atoms with Gasteiger partial charge in [0.15, 0.2) is 0 Å². The van der Waals surface area contributed by atoms with Crippen molar-refractivity contribution in [3.63, 3.8) is 0 Å². The Kier molecular flexibility index (Phi) is 3.80. The van der Waals surface area contributed by atoms with Gasteiger partial charge in [0.2, 0.25) is 0 Å². The largest absolute Gasteiger partial charge is 0.379 e. The van der Waals surface area contributed by atoms with E-state index in [0.29, 0.717) is 5.56 Å². The van der Waals surface area contributed by atoms with Crippen molar-refractivity contribution in [2.24, 2.45) is 0 Å². The van der Waals surface area contributed by atoms with Crippen molar-refractivity contribution < 1.29 is 4.92 Å². The first-order valence-corrected chi connectivity index (χ1v) is 6.14. The van der Waals surface area contributed by atoms with Gasteiger partial charge in [0.1, 0.15) is 0 Å². The summed E-state index contributed by atoms with van der Waals surface area (Å²) in [5, 5.41) is 14.3. The van der Waals surface area contributed by atoms with Crippen molar-refractivity contribution in [1.29, 1.82) is 0 Å². The molecule has 2 aromatic carbocycles. The van der Waals surface area contributed by atoms with Crippen molar-refractivity contribution in [2.75, 3.05) is 5.32 Å². The predicted molar refractivity (Wildman–Crippen MR) is 76.3 cm³/mol. The first-order chi connectivity index (χ1) is 9.08. The van der Waals surface area contributed by atoms with Gasteiger partial charge in [-0.25, -0.2) is 0 Å². The highest BCUT2D eigenvalue weighted by Gasteiger charge is 2.14. The van der Waals surface area contributed by atoms with Crippen LogP contribution < -0.4 is 5.32 Å². The second-order valence-electron chi connectivity index (χ2n) is 4.54. The van der Waals surface area contributed by atoms with Gasteiger partial charge in [-0.3, -0.25) is 10.1 Å². The van der Waals surface area contributed by atoms with Gasteiger partial charge >= 0.3 is 0 Å². The predicted octanol–water partition coefficient (Wildman–Crippen LogP) is 4.08. The van der Waals surface area contributed by atoms with Crippen LogP contribution in [0.4, 0.5) is 11.4 Å². The van der Waals surface area contributed by atoms with Crippen molar-refractivity contribution in [3.05, 3.63) is 69.8 Å². The van der Waals surface area contributed by atoms with Crippen LogP contribution >= 0.6 is 0 Å². The molecule has 4 nitrogen and oxygen atoms in total. The molecule has 0 aromatic heterocycles. The van der Waals surface area contributed by atoms with Crippen LogP contribution in [0.1, 0.15) is 24.1 Å². The number of rotatable bonds is 4. The number of nitro benzene ring substituents is 1. The summed E-state index contributed by atoms with van der Waals surface area (Å²) in [5.74, 6) is 0. The normalized spacial score (nSPS) is 11.9. The number of hydrogen-bond donors (Lipinski definition) is 1. The Balaban J connectivity index is 2.22. The molecule has 1 atom stereocenters. The van der Waals surface area contributed by atoms with Gasteiger partial charge < -0.3 is 5.32 Å². The molecule has 0 heterocycles. The highest BCUT2D eigenvalue weighted by Crippen LogP contribution is 2.25. The summed E-state index contributed by atoms with van der Waals surface area (Å²) in [5.41, 5.74) is 2.75. The van der Waals surface area contributed by atoms with Crippen LogP contribution in [0.5, 0.6) is 0 Å². The van der Waals surface area contributed by atoms with Gasteiger partial charge in [-0.1, -0.05) is 30.3 Å². The Morgan fingerprint density at radius 1 is 1.16 bits per heavy atom. The Bertz CT molecular complexity index is 582. The molecule has 19 heavy (non-hydrogen) atoms. The van der Waals surface area contributed by atoms with Crippen LogP contribution in [0.2, 0.25) is 0 Å². The molecule has 1 N–H and O–H groups in total. The number of nitrogens with zero attached hydrogens (tertiary/aromatic N) is 1. The van der Waals surface area contributed by atoms with E-state index in [4.69, 9.17) is 0 Å². The summed E-state index contributed by atoms with van der Waals surface area (Å²) in [6, 6.07) is 15.2. The zero-order valence-corrected chi connectivity index (χ0v) is 11.0. The van der Waals surface area contributed by atoms with Crippen molar-refractivity contribution in [3.8, 4) is 0 Å². The fraction of sp³-hybridized carbons (Fsp3) is 0.200. The average Bonchev–Trinajstić information content (AvgIpc) is 2.40. The van der Waals surface area contributed by atoms with Crippen LogP contribution in [0, 0.1) is 17.0 Å². The number of aryl methyl sites for hydroxylation is 1. The fourth-order valence-corrected chi connectivity index (χ4v) is 1.96. The minimum Gasteiger partial charge on any atom is -0.379 e. The summed E-state index contributed by atoms with van der Waals surface area (Å²) >= 11 is 0. The maximum absolute atomic E-state index is 10.9. The van der Waals surface area contributed by atoms with Crippen LogP contribution in [0.3, 0.4) is 0 Å². The van der Waals surface area contributed by atoms with Gasteiger partial charge in [-0.05, 0) is 31.5 Å². The molecule has 0 aliphatic carbocycles. The zero-order chi connectivity index (χ0) is 13.8. The number of nitro groups is 1. The van der Waals surface area contributed by atoms with Crippen LogP contribution in [-0.4, -0.2) is 4.92 Å². The van der Waals surface area contributed by atoms with Crippen LogP contribution in [0.25, 0.3) is 0 Å². The monoisotopic (exact) mass is 256 g/mol. The summed E-state index contributed by atoms with van der Waals surface area (Å²) < 4.78 is 0. The Labute approximate surface area is 112 Å². The maximum atomic E-state index is 10.9. The molecule has 1 unspecified atom stereocenters. The number of nitrogens with one attached hydrogen (secondary N) is 1. The minimum absolute atomic E-state index is 0.0155. The second kappa shape index (κ2) is 5.52. The smallest absolute Gasteiger partial charge is 0.272 e. The average molecular weight is 256 g/mol. The first kappa shape index (κ1) is 13.1. The van der Waals surface area contributed by atoms with E-state index in [0.717, 1.165) is 11.3 Å². The number of anilines is 1. The number of hydrogen-bond acceptors (Lipinski definition) is 3. The van der Waals surface area contributed by atoms with E-state index in [2.05, 4.69) is 5.32 Å². The molecule has 0 aliphatic rings. The van der Waals surface area contributed by atoms with E-state index < -0.39 is 0 Å². The lowest BCUT2D eigenvalue weighted by Crippen LogP contribution is -2.07. The van der Waals surface area contributed by atoms with E-state index in [9.17, 15) is 10.1 Å². The molecule has 0 amide bonds. The molecule has 0 saturated heterocycles. The van der Waals surface area contributed by atoms with Gasteiger partial charge in [-0.2, -0.15) is 0 Å². The highest BCUT2D eigenvalue weighted by atomic mass is 16.6. The third-order valence-corrected chi connectivity index (χ3v) is 3.09. The van der Waals surface area contributed by atoms with Crippen LogP contribution in [-0.2, 0) is 0 Å². The third-order valence-electron chi connectivity index (χ3n) is 3.09. The lowest BCUT2D eigenvalue weighted by Gasteiger charge is -2.15. The Hall–Kier alpha value is -2.36. The van der Waals surface area contributed by atoms with E-state index >= 15 is 0 Å². The molecule has 0 radical (unpaired) electrons. The summed E-state index contributed by atoms with van der Waals surface area (Å²) in [7, 11) is 0. The summed E-state index contributed by atoms with van der Waals surface area (Å²) in [6.45, 7) is 3.73. The Morgan fingerprint density at radius 2 is 1.84 bits per heavy atom. The fourth-order valence-electron chi connectivity index (χ4n) is 1.96. The second-order valence-corrected chi connectivity index (χ2v) is 4.54. The molecule has 0 saturated carbocycles. The minimum atomic E-state index is -0.339. The van der Waals surface area contributed by atoms with Gasteiger partial charge in [0, 0.05) is 23.4 Å².